The summed E-state index contributed by atoms with van der Waals surface area (Å²) in [5, 5.41) is 3.20. The van der Waals surface area contributed by atoms with E-state index in [1.54, 1.807) is 0 Å². The first-order chi connectivity index (χ1) is 9.67. The van der Waals surface area contributed by atoms with Crippen molar-refractivity contribution < 1.29 is 17.6 Å². The van der Waals surface area contributed by atoms with E-state index in [0.29, 0.717) is 12.2 Å². The van der Waals surface area contributed by atoms with Crippen LogP contribution in [0.4, 0.5) is 13.2 Å². The fourth-order valence-electron chi connectivity index (χ4n) is 1.78. The zero-order valence-electron chi connectivity index (χ0n) is 12.1. The van der Waals surface area contributed by atoms with Crippen molar-refractivity contribution in [3.8, 4) is 11.5 Å². The lowest BCUT2D eigenvalue weighted by Crippen LogP contribution is -2.35. The Morgan fingerprint density at radius 2 is 1.81 bits per heavy atom. The average Bonchev–Trinajstić information content (AvgIpc) is 2.83. The summed E-state index contributed by atoms with van der Waals surface area (Å²) in [5.74, 6) is -0.0198. The van der Waals surface area contributed by atoms with E-state index in [1.807, 2.05) is 20.8 Å². The van der Waals surface area contributed by atoms with Gasteiger partial charge in [-0.1, -0.05) is 12.1 Å². The van der Waals surface area contributed by atoms with Crippen LogP contribution in [0.15, 0.2) is 34.9 Å². The Kier molecular flexibility index (Phi) is 4.09. The number of halogens is 3. The van der Waals surface area contributed by atoms with E-state index < -0.39 is 11.7 Å². The monoisotopic (exact) mass is 298 g/mol. The molecule has 21 heavy (non-hydrogen) atoms. The number of nitrogens with zero attached hydrogens (tertiary/aromatic N) is 1. The van der Waals surface area contributed by atoms with E-state index in [-0.39, 0.29) is 17.0 Å². The fourth-order valence-corrected chi connectivity index (χ4v) is 1.78. The van der Waals surface area contributed by atoms with Crippen molar-refractivity contribution in [2.75, 3.05) is 0 Å². The minimum atomic E-state index is -4.44. The summed E-state index contributed by atoms with van der Waals surface area (Å²) in [4.78, 5) is 4.13. The van der Waals surface area contributed by atoms with Gasteiger partial charge in [-0.15, -0.1) is 0 Å². The number of aromatic nitrogens is 1. The van der Waals surface area contributed by atoms with Gasteiger partial charge in [-0.25, -0.2) is 4.98 Å². The highest BCUT2D eigenvalue weighted by molar-refractivity contribution is 5.59. The summed E-state index contributed by atoms with van der Waals surface area (Å²) in [5.41, 5.74) is -0.339. The van der Waals surface area contributed by atoms with Crippen molar-refractivity contribution in [2.45, 2.75) is 39.0 Å². The lowest BCUT2D eigenvalue weighted by molar-refractivity contribution is -0.137. The summed E-state index contributed by atoms with van der Waals surface area (Å²) in [6.07, 6.45) is -3.06. The molecule has 1 aromatic heterocycles. The van der Waals surface area contributed by atoms with Crippen LogP contribution in [0.2, 0.25) is 0 Å². The Morgan fingerprint density at radius 1 is 1.14 bits per heavy atom. The van der Waals surface area contributed by atoms with Gasteiger partial charge in [-0.05, 0) is 32.9 Å². The summed E-state index contributed by atoms with van der Waals surface area (Å²) < 4.78 is 44.1. The topological polar surface area (TPSA) is 38.1 Å². The first-order valence-corrected chi connectivity index (χ1v) is 6.53. The van der Waals surface area contributed by atoms with Crippen LogP contribution >= 0.6 is 0 Å². The van der Waals surface area contributed by atoms with Crippen LogP contribution < -0.4 is 5.32 Å². The Hall–Kier alpha value is -1.82. The smallest absolute Gasteiger partial charge is 0.417 e. The first kappa shape index (κ1) is 15.6. The lowest BCUT2D eigenvalue weighted by Gasteiger charge is -2.19. The molecule has 0 amide bonds. The highest BCUT2D eigenvalue weighted by atomic mass is 19.4. The van der Waals surface area contributed by atoms with Gasteiger partial charge < -0.3 is 9.73 Å². The summed E-state index contributed by atoms with van der Waals surface area (Å²) in [6, 6.07) is 5.25. The molecule has 1 N–H and O–H groups in total. The van der Waals surface area contributed by atoms with Crippen LogP contribution in [0.1, 0.15) is 32.0 Å². The number of hydrogen-bond donors (Lipinski definition) is 1. The molecule has 0 fully saturated rings. The highest BCUT2D eigenvalue weighted by Gasteiger charge is 2.34. The summed E-state index contributed by atoms with van der Waals surface area (Å²) >= 11 is 0. The minimum Gasteiger partial charge on any atom is -0.444 e. The van der Waals surface area contributed by atoms with Gasteiger partial charge in [0, 0.05) is 17.6 Å². The molecule has 0 saturated carbocycles. The van der Waals surface area contributed by atoms with Gasteiger partial charge in [-0.2, -0.15) is 13.2 Å². The standard InChI is InChI=1S/C15H17F3N2O/c1-14(2,3)19-8-10-9-21-13(20-10)11-6-4-5-7-12(11)15(16,17)18/h4-7,9,19H,8H2,1-3H3. The van der Waals surface area contributed by atoms with Crippen molar-refractivity contribution >= 4 is 0 Å². The van der Waals surface area contributed by atoms with Gasteiger partial charge in [-0.3, -0.25) is 0 Å². The highest BCUT2D eigenvalue weighted by Crippen LogP contribution is 2.36. The van der Waals surface area contributed by atoms with E-state index in [2.05, 4.69) is 10.3 Å². The van der Waals surface area contributed by atoms with E-state index >= 15 is 0 Å². The predicted octanol–water partition coefficient (Wildman–Crippen LogP) is 4.25. The van der Waals surface area contributed by atoms with Gasteiger partial charge in [0.15, 0.2) is 0 Å². The van der Waals surface area contributed by atoms with Crippen molar-refractivity contribution in [1.29, 1.82) is 0 Å². The van der Waals surface area contributed by atoms with Gasteiger partial charge in [0.25, 0.3) is 0 Å². The zero-order valence-corrected chi connectivity index (χ0v) is 12.1. The van der Waals surface area contributed by atoms with E-state index in [4.69, 9.17) is 4.42 Å². The summed E-state index contributed by atoms with van der Waals surface area (Å²) in [7, 11) is 0. The molecule has 0 unspecified atom stereocenters. The van der Waals surface area contributed by atoms with Crippen molar-refractivity contribution in [3.05, 3.63) is 41.8 Å². The van der Waals surface area contributed by atoms with Crippen LogP contribution in [0.25, 0.3) is 11.5 Å². The maximum absolute atomic E-state index is 13.0. The van der Waals surface area contributed by atoms with Gasteiger partial charge in [0.1, 0.15) is 6.26 Å². The third kappa shape index (κ3) is 4.07. The number of hydrogen-bond acceptors (Lipinski definition) is 3. The Balaban J connectivity index is 2.26. The van der Waals surface area contributed by atoms with Crippen LogP contribution in [0.3, 0.4) is 0 Å². The molecule has 1 heterocycles. The maximum atomic E-state index is 13.0. The molecular weight excluding hydrogens is 281 g/mol. The van der Waals surface area contributed by atoms with Crippen molar-refractivity contribution in [1.82, 2.24) is 10.3 Å². The average molecular weight is 298 g/mol. The van der Waals surface area contributed by atoms with Crippen LogP contribution in [0.5, 0.6) is 0 Å². The molecule has 1 aromatic carbocycles. The quantitative estimate of drug-likeness (QED) is 0.920. The SMILES string of the molecule is CC(C)(C)NCc1coc(-c2ccccc2C(F)(F)F)n1. The van der Waals surface area contributed by atoms with Crippen molar-refractivity contribution in [3.63, 3.8) is 0 Å². The van der Waals surface area contributed by atoms with Gasteiger partial charge >= 0.3 is 6.18 Å². The van der Waals surface area contributed by atoms with Crippen LogP contribution in [-0.4, -0.2) is 10.5 Å². The Morgan fingerprint density at radius 3 is 2.43 bits per heavy atom. The van der Waals surface area contributed by atoms with Gasteiger partial charge in [0.2, 0.25) is 5.89 Å². The summed E-state index contributed by atoms with van der Waals surface area (Å²) in [6.45, 7) is 6.41. The molecule has 0 aliphatic heterocycles. The second kappa shape index (κ2) is 5.52. The van der Waals surface area contributed by atoms with E-state index in [1.165, 1.54) is 24.5 Å². The molecular formula is C15H17F3N2O. The second-order valence-electron chi connectivity index (χ2n) is 5.79. The predicted molar refractivity (Wildman–Crippen MR) is 73.5 cm³/mol. The van der Waals surface area contributed by atoms with E-state index in [0.717, 1.165) is 6.07 Å². The molecule has 0 bridgehead atoms. The first-order valence-electron chi connectivity index (χ1n) is 6.53. The molecule has 0 radical (unpaired) electrons. The number of nitrogens with one attached hydrogen (secondary N) is 1. The number of benzene rings is 1. The third-order valence-corrected chi connectivity index (χ3v) is 2.81. The molecule has 0 saturated heterocycles. The molecule has 114 valence electrons. The Bertz CT molecular complexity index is 612. The number of alkyl halides is 3. The molecule has 0 aliphatic carbocycles. The lowest BCUT2D eigenvalue weighted by atomic mass is 10.1. The Labute approximate surface area is 121 Å². The molecule has 0 atom stereocenters. The normalized spacial score (nSPS) is 12.7. The second-order valence-corrected chi connectivity index (χ2v) is 5.79. The largest absolute Gasteiger partial charge is 0.444 e. The maximum Gasteiger partial charge on any atom is 0.417 e. The molecule has 0 aliphatic rings. The molecule has 6 heteroatoms. The number of rotatable bonds is 3. The minimum absolute atomic E-state index is 0.0198. The number of oxazole rings is 1. The van der Waals surface area contributed by atoms with Crippen LogP contribution in [0, 0.1) is 0 Å². The molecule has 2 aromatic rings. The molecule has 0 spiro atoms. The van der Waals surface area contributed by atoms with Crippen molar-refractivity contribution in [2.24, 2.45) is 0 Å². The molecule has 2 rings (SSSR count). The van der Waals surface area contributed by atoms with Gasteiger partial charge in [0.05, 0.1) is 11.3 Å². The zero-order chi connectivity index (χ0) is 15.7. The van der Waals surface area contributed by atoms with E-state index in [9.17, 15) is 13.2 Å². The third-order valence-electron chi connectivity index (χ3n) is 2.81. The van der Waals surface area contributed by atoms with Crippen LogP contribution in [-0.2, 0) is 12.7 Å². The molecule has 3 nitrogen and oxygen atoms in total. The fraction of sp³-hybridized carbons (Fsp3) is 0.400.